The molecule has 0 aromatic heterocycles. The van der Waals surface area contributed by atoms with Crippen LogP contribution >= 0.6 is 15.9 Å². The van der Waals surface area contributed by atoms with Crippen LogP contribution in [0, 0.1) is 0 Å². The van der Waals surface area contributed by atoms with Gasteiger partial charge in [0, 0.05) is 10.0 Å². The second-order valence-corrected chi connectivity index (χ2v) is 8.02. The summed E-state index contributed by atoms with van der Waals surface area (Å²) in [6.45, 7) is 0. The Morgan fingerprint density at radius 2 is 1.25 bits per heavy atom. The summed E-state index contributed by atoms with van der Waals surface area (Å²) < 4.78 is 6.29. The predicted octanol–water partition coefficient (Wildman–Crippen LogP) is 7.23. The van der Waals surface area contributed by atoms with Crippen LogP contribution in [0.4, 0.5) is 0 Å². The molecular weight excluding hydrogens is 464 g/mol. The zero-order valence-corrected chi connectivity index (χ0v) is 18.7. The maximum absolute atomic E-state index is 12.5. The zero-order chi connectivity index (χ0) is 22.3. The Balaban J connectivity index is 1.37. The molecule has 0 saturated heterocycles. The second kappa shape index (κ2) is 10.0. The van der Waals surface area contributed by atoms with Crippen LogP contribution in [-0.2, 0) is 0 Å². The lowest BCUT2D eigenvalue weighted by Gasteiger charge is -2.05. The van der Waals surface area contributed by atoms with Crippen molar-refractivity contribution < 1.29 is 14.3 Å². The van der Waals surface area contributed by atoms with Crippen LogP contribution in [0.2, 0.25) is 0 Å². The Labute approximate surface area is 195 Å². The van der Waals surface area contributed by atoms with E-state index in [-0.39, 0.29) is 5.78 Å². The first-order valence-electron chi connectivity index (χ1n) is 10.0. The first-order chi connectivity index (χ1) is 15.6. The molecule has 0 N–H and O–H groups in total. The molecule has 0 saturated carbocycles. The van der Waals surface area contributed by atoms with E-state index in [4.69, 9.17) is 4.74 Å². The lowest BCUT2D eigenvalue weighted by molar-refractivity contribution is 0.0734. The van der Waals surface area contributed by atoms with Crippen molar-refractivity contribution >= 4 is 33.8 Å². The van der Waals surface area contributed by atoms with E-state index < -0.39 is 5.97 Å². The number of esters is 1. The second-order valence-electron chi connectivity index (χ2n) is 7.11. The summed E-state index contributed by atoms with van der Waals surface area (Å²) in [5.41, 5.74) is 4.12. The minimum atomic E-state index is -0.421. The van der Waals surface area contributed by atoms with Crippen molar-refractivity contribution in [2.75, 3.05) is 0 Å². The smallest absolute Gasteiger partial charge is 0.343 e. The van der Waals surface area contributed by atoms with Crippen LogP contribution in [-0.4, -0.2) is 11.8 Å². The molecule has 32 heavy (non-hydrogen) atoms. The van der Waals surface area contributed by atoms with Crippen molar-refractivity contribution in [2.24, 2.45) is 0 Å². The van der Waals surface area contributed by atoms with E-state index in [1.807, 2.05) is 54.6 Å². The van der Waals surface area contributed by atoms with E-state index in [0.717, 1.165) is 21.2 Å². The van der Waals surface area contributed by atoms with Crippen LogP contribution in [0.25, 0.3) is 17.2 Å². The van der Waals surface area contributed by atoms with Crippen LogP contribution in [0.15, 0.2) is 114 Å². The van der Waals surface area contributed by atoms with E-state index in [1.54, 1.807) is 60.7 Å². The van der Waals surface area contributed by atoms with Crippen LogP contribution in [0.3, 0.4) is 0 Å². The normalized spacial score (nSPS) is 10.8. The first kappa shape index (κ1) is 21.5. The Bertz CT molecular complexity index is 1240. The van der Waals surface area contributed by atoms with Gasteiger partial charge in [-0.25, -0.2) is 4.79 Å². The molecule has 0 atom stereocenters. The van der Waals surface area contributed by atoms with Gasteiger partial charge >= 0.3 is 5.97 Å². The number of ketones is 1. The molecule has 3 nitrogen and oxygen atoms in total. The molecule has 0 aliphatic heterocycles. The average molecular weight is 483 g/mol. The largest absolute Gasteiger partial charge is 0.423 e. The van der Waals surface area contributed by atoms with Crippen LogP contribution < -0.4 is 4.74 Å². The Kier molecular flexibility index (Phi) is 6.73. The first-order valence-corrected chi connectivity index (χ1v) is 10.8. The highest BCUT2D eigenvalue weighted by molar-refractivity contribution is 9.10. The maximum Gasteiger partial charge on any atom is 0.343 e. The number of halogens is 1. The molecule has 0 fully saturated rings. The minimum absolute atomic E-state index is 0.0737. The van der Waals surface area contributed by atoms with Crippen molar-refractivity contribution in [3.8, 4) is 16.9 Å². The summed E-state index contributed by atoms with van der Waals surface area (Å²) >= 11 is 3.34. The zero-order valence-electron chi connectivity index (χ0n) is 17.1. The highest BCUT2D eigenvalue weighted by Gasteiger charge is 2.08. The van der Waals surface area contributed by atoms with Gasteiger partial charge in [0.2, 0.25) is 0 Å². The van der Waals surface area contributed by atoms with Gasteiger partial charge in [-0.3, -0.25) is 4.79 Å². The summed E-state index contributed by atoms with van der Waals surface area (Å²) in [5.74, 6) is -0.0526. The summed E-state index contributed by atoms with van der Waals surface area (Å²) in [7, 11) is 0. The van der Waals surface area contributed by atoms with Gasteiger partial charge in [0.1, 0.15) is 5.75 Å². The lowest BCUT2D eigenvalue weighted by Crippen LogP contribution is -2.08. The summed E-state index contributed by atoms with van der Waals surface area (Å²) in [6, 6.07) is 31.6. The molecule has 0 heterocycles. The van der Waals surface area contributed by atoms with Gasteiger partial charge in [-0.2, -0.15) is 0 Å². The van der Waals surface area contributed by atoms with Gasteiger partial charge in [0.05, 0.1) is 5.56 Å². The quantitative estimate of drug-likeness (QED) is 0.126. The fourth-order valence-electron chi connectivity index (χ4n) is 3.12. The highest BCUT2D eigenvalue weighted by Crippen LogP contribution is 2.20. The maximum atomic E-state index is 12.5. The monoisotopic (exact) mass is 482 g/mol. The number of hydrogen-bond acceptors (Lipinski definition) is 3. The number of carbonyl (C=O) groups is 2. The van der Waals surface area contributed by atoms with Crippen molar-refractivity contribution in [1.29, 1.82) is 0 Å². The van der Waals surface area contributed by atoms with Gasteiger partial charge in [0.15, 0.2) is 5.78 Å². The van der Waals surface area contributed by atoms with Crippen molar-refractivity contribution in [2.45, 2.75) is 0 Å². The molecule has 4 heteroatoms. The molecule has 156 valence electrons. The predicted molar refractivity (Wildman–Crippen MR) is 131 cm³/mol. The fraction of sp³-hybridized carbons (Fsp3) is 0. The molecule has 0 radical (unpaired) electrons. The molecule has 0 aliphatic rings. The summed E-state index contributed by atoms with van der Waals surface area (Å²) in [5, 5.41) is 0. The van der Waals surface area contributed by atoms with E-state index in [0.29, 0.717) is 16.9 Å². The number of benzene rings is 4. The Morgan fingerprint density at radius 3 is 1.91 bits per heavy atom. The number of rotatable bonds is 6. The SMILES string of the molecule is O=C(/C=C/c1ccc(OC(=O)c2ccc(Br)cc2)cc1)c1ccc(-c2ccccc2)cc1. The van der Waals surface area contributed by atoms with Crippen LogP contribution in [0.5, 0.6) is 5.75 Å². The third-order valence-electron chi connectivity index (χ3n) is 4.87. The topological polar surface area (TPSA) is 43.4 Å². The Morgan fingerprint density at radius 1 is 0.656 bits per heavy atom. The number of allylic oxidation sites excluding steroid dienone is 1. The van der Waals surface area contributed by atoms with Crippen LogP contribution in [0.1, 0.15) is 26.3 Å². The van der Waals surface area contributed by atoms with Gasteiger partial charge in [-0.1, -0.05) is 88.7 Å². The van der Waals surface area contributed by atoms with E-state index in [9.17, 15) is 9.59 Å². The van der Waals surface area contributed by atoms with Crippen molar-refractivity contribution in [3.63, 3.8) is 0 Å². The summed E-state index contributed by atoms with van der Waals surface area (Å²) in [4.78, 5) is 24.7. The molecule has 0 aliphatic carbocycles. The van der Waals surface area contributed by atoms with E-state index in [2.05, 4.69) is 15.9 Å². The minimum Gasteiger partial charge on any atom is -0.423 e. The van der Waals surface area contributed by atoms with Crippen molar-refractivity contribution in [3.05, 3.63) is 130 Å². The van der Waals surface area contributed by atoms with Gasteiger partial charge in [-0.15, -0.1) is 0 Å². The van der Waals surface area contributed by atoms with E-state index in [1.165, 1.54) is 0 Å². The van der Waals surface area contributed by atoms with Gasteiger partial charge in [0.25, 0.3) is 0 Å². The van der Waals surface area contributed by atoms with Crippen molar-refractivity contribution in [1.82, 2.24) is 0 Å². The summed E-state index contributed by atoms with van der Waals surface area (Å²) in [6.07, 6.45) is 3.29. The molecule has 0 spiro atoms. The molecular formula is C28H19BrO3. The molecule has 4 rings (SSSR count). The highest BCUT2D eigenvalue weighted by atomic mass is 79.9. The number of ether oxygens (including phenoxy) is 1. The fourth-order valence-corrected chi connectivity index (χ4v) is 3.39. The van der Waals surface area contributed by atoms with Gasteiger partial charge < -0.3 is 4.74 Å². The average Bonchev–Trinajstić information content (AvgIpc) is 2.84. The van der Waals surface area contributed by atoms with E-state index >= 15 is 0 Å². The number of hydrogen-bond donors (Lipinski definition) is 0. The molecule has 0 unspecified atom stereocenters. The standard InChI is InChI=1S/C28H19BrO3/c29-25-15-13-24(14-16-25)28(31)32-26-17-6-20(7-18-26)8-19-27(30)23-11-9-22(10-12-23)21-4-2-1-3-5-21/h1-19H/b19-8+. The van der Waals surface area contributed by atoms with Gasteiger partial charge in [-0.05, 0) is 59.2 Å². The molecule has 4 aromatic carbocycles. The molecule has 4 aromatic rings. The molecule has 0 bridgehead atoms. The lowest BCUT2D eigenvalue weighted by atomic mass is 10.0. The molecule has 0 amide bonds. The third kappa shape index (κ3) is 5.48. The number of carbonyl (C=O) groups excluding carboxylic acids is 2. The Hall–Kier alpha value is -3.76. The third-order valence-corrected chi connectivity index (χ3v) is 5.40.